The first-order valence-electron chi connectivity index (χ1n) is 7.26. The Bertz CT molecular complexity index is 436. The molecule has 0 radical (unpaired) electrons. The molecule has 134 valence electrons. The summed E-state index contributed by atoms with van der Waals surface area (Å²) < 4.78 is 14.9. The van der Waals surface area contributed by atoms with E-state index in [1.807, 2.05) is 0 Å². The Kier molecular flexibility index (Phi) is 7.33. The maximum atomic E-state index is 11.9. The highest BCUT2D eigenvalue weighted by atomic mass is 16.6. The molecule has 1 N–H and O–H groups in total. The van der Waals surface area contributed by atoms with Crippen LogP contribution in [-0.4, -0.2) is 61.0 Å². The Morgan fingerprint density at radius 1 is 1.00 bits per heavy atom. The molecule has 0 rings (SSSR count). The molecule has 2 amide bonds. The van der Waals surface area contributed by atoms with E-state index in [9.17, 15) is 14.4 Å². The lowest BCUT2D eigenvalue weighted by Gasteiger charge is -2.27. The van der Waals surface area contributed by atoms with Gasteiger partial charge in [-0.15, -0.1) is 0 Å². The van der Waals surface area contributed by atoms with Crippen LogP contribution in [0.2, 0.25) is 0 Å². The predicted octanol–water partition coefficient (Wildman–Crippen LogP) is 1.92. The van der Waals surface area contributed by atoms with E-state index in [4.69, 9.17) is 9.47 Å². The third-order valence-corrected chi connectivity index (χ3v) is 2.34. The van der Waals surface area contributed by atoms with Crippen LogP contribution in [0, 0.1) is 0 Å². The van der Waals surface area contributed by atoms with Crippen molar-refractivity contribution < 1.29 is 28.6 Å². The molecule has 0 bridgehead atoms. The monoisotopic (exact) mass is 332 g/mol. The third-order valence-electron chi connectivity index (χ3n) is 2.34. The Morgan fingerprint density at radius 2 is 1.48 bits per heavy atom. The van der Waals surface area contributed by atoms with Crippen molar-refractivity contribution in [1.82, 2.24) is 10.2 Å². The summed E-state index contributed by atoms with van der Waals surface area (Å²) in [6, 6.07) is -1.06. The number of carbonyl (C=O) groups is 3. The Morgan fingerprint density at radius 3 is 1.87 bits per heavy atom. The fourth-order valence-corrected chi connectivity index (χ4v) is 1.46. The van der Waals surface area contributed by atoms with E-state index in [1.165, 1.54) is 19.1 Å². The second-order valence-electron chi connectivity index (χ2n) is 7.08. The van der Waals surface area contributed by atoms with Crippen molar-refractivity contribution in [2.45, 2.75) is 58.8 Å². The van der Waals surface area contributed by atoms with Gasteiger partial charge >= 0.3 is 18.2 Å². The second kappa shape index (κ2) is 8.03. The van der Waals surface area contributed by atoms with Crippen LogP contribution in [0.25, 0.3) is 0 Å². The molecule has 0 spiro atoms. The van der Waals surface area contributed by atoms with Crippen LogP contribution in [0.5, 0.6) is 0 Å². The van der Waals surface area contributed by atoms with Gasteiger partial charge in [0.05, 0.1) is 13.7 Å². The van der Waals surface area contributed by atoms with E-state index >= 15 is 0 Å². The number of nitrogens with one attached hydrogen (secondary N) is 1. The molecule has 0 aliphatic heterocycles. The van der Waals surface area contributed by atoms with Crippen LogP contribution in [0.1, 0.15) is 41.5 Å². The number of hydrogen-bond acceptors (Lipinski definition) is 6. The number of likely N-dealkylation sites (N-methyl/N-ethyl adjacent to an activating group) is 1. The molecule has 8 heteroatoms. The van der Waals surface area contributed by atoms with Crippen molar-refractivity contribution in [3.05, 3.63) is 0 Å². The van der Waals surface area contributed by atoms with Crippen molar-refractivity contribution >= 4 is 18.2 Å². The molecule has 1 atom stereocenters. The number of hydrogen-bond donors (Lipinski definition) is 1. The first kappa shape index (κ1) is 21.0. The average Bonchev–Trinajstić information content (AvgIpc) is 2.32. The molecule has 0 aliphatic carbocycles. The van der Waals surface area contributed by atoms with Crippen LogP contribution in [0.3, 0.4) is 0 Å². The zero-order valence-electron chi connectivity index (χ0n) is 15.2. The third kappa shape index (κ3) is 9.59. The molecule has 23 heavy (non-hydrogen) atoms. The molecule has 0 aromatic heterocycles. The van der Waals surface area contributed by atoms with Crippen LogP contribution < -0.4 is 5.32 Å². The number of esters is 1. The van der Waals surface area contributed by atoms with Crippen molar-refractivity contribution in [2.75, 3.05) is 20.7 Å². The molecular formula is C15H28N2O6. The Hall–Kier alpha value is -1.99. The van der Waals surface area contributed by atoms with Gasteiger partial charge in [0, 0.05) is 7.05 Å². The normalized spacial score (nSPS) is 12.9. The fourth-order valence-electron chi connectivity index (χ4n) is 1.46. The van der Waals surface area contributed by atoms with E-state index < -0.39 is 35.4 Å². The Labute approximate surface area is 137 Å². The van der Waals surface area contributed by atoms with E-state index in [0.717, 1.165) is 0 Å². The van der Waals surface area contributed by atoms with Gasteiger partial charge in [0.1, 0.15) is 17.2 Å². The minimum atomic E-state index is -1.06. The van der Waals surface area contributed by atoms with Gasteiger partial charge < -0.3 is 24.4 Å². The van der Waals surface area contributed by atoms with Gasteiger partial charge in [0.2, 0.25) is 0 Å². The number of alkyl carbamates (subject to hydrolysis) is 1. The van der Waals surface area contributed by atoms with Gasteiger partial charge in [-0.25, -0.2) is 14.4 Å². The Balaban J connectivity index is 4.83. The highest BCUT2D eigenvalue weighted by Crippen LogP contribution is 2.10. The first-order chi connectivity index (χ1) is 10.2. The topological polar surface area (TPSA) is 94.2 Å². The predicted molar refractivity (Wildman–Crippen MR) is 84.0 cm³/mol. The van der Waals surface area contributed by atoms with Gasteiger partial charge in [0.25, 0.3) is 0 Å². The maximum Gasteiger partial charge on any atom is 0.410 e. The van der Waals surface area contributed by atoms with E-state index in [0.29, 0.717) is 0 Å². The summed E-state index contributed by atoms with van der Waals surface area (Å²) in [4.78, 5) is 36.7. The second-order valence-corrected chi connectivity index (χ2v) is 7.08. The molecule has 0 aromatic carbocycles. The summed E-state index contributed by atoms with van der Waals surface area (Å²) in [6.45, 7) is 10.2. The minimum absolute atomic E-state index is 0.110. The summed E-state index contributed by atoms with van der Waals surface area (Å²) in [5.41, 5.74) is -1.37. The van der Waals surface area contributed by atoms with Crippen molar-refractivity contribution in [3.8, 4) is 0 Å². The molecule has 0 saturated carbocycles. The van der Waals surface area contributed by atoms with Crippen molar-refractivity contribution in [2.24, 2.45) is 0 Å². The number of nitrogens with zero attached hydrogens (tertiary/aromatic N) is 1. The summed E-state index contributed by atoms with van der Waals surface area (Å²) in [5.74, 6) is -0.689. The lowest BCUT2D eigenvalue weighted by Crippen LogP contribution is -2.51. The molecule has 0 aromatic rings. The summed E-state index contributed by atoms with van der Waals surface area (Å²) in [7, 11) is 2.65. The summed E-state index contributed by atoms with van der Waals surface area (Å²) in [6.07, 6.45) is -1.39. The number of carbonyl (C=O) groups excluding carboxylic acids is 3. The molecule has 0 unspecified atom stereocenters. The molecule has 0 saturated heterocycles. The van der Waals surface area contributed by atoms with E-state index in [-0.39, 0.29) is 6.54 Å². The first-order valence-corrected chi connectivity index (χ1v) is 7.26. The SMILES string of the molecule is COC(=O)[C@H](CN(C)C(=O)OC(C)(C)C)NC(=O)OC(C)(C)C. The van der Waals surface area contributed by atoms with Gasteiger partial charge in [-0.2, -0.15) is 0 Å². The molecular weight excluding hydrogens is 304 g/mol. The van der Waals surface area contributed by atoms with Gasteiger partial charge in [0.15, 0.2) is 0 Å². The fraction of sp³-hybridized carbons (Fsp3) is 0.800. The average molecular weight is 332 g/mol. The van der Waals surface area contributed by atoms with Gasteiger partial charge in [-0.1, -0.05) is 0 Å². The quantitative estimate of drug-likeness (QED) is 0.624. The maximum absolute atomic E-state index is 11.9. The van der Waals surface area contributed by atoms with Crippen LogP contribution >= 0.6 is 0 Å². The molecule has 8 nitrogen and oxygen atoms in total. The molecule has 0 aliphatic rings. The standard InChI is InChI=1S/C15H28N2O6/c1-14(2,3)22-12(19)16-10(11(18)21-8)9-17(7)13(20)23-15(4,5)6/h10H,9H2,1-8H3,(H,16,19)/t10-/m0/s1. The highest BCUT2D eigenvalue weighted by Gasteiger charge is 2.29. The van der Waals surface area contributed by atoms with E-state index in [2.05, 4.69) is 10.1 Å². The smallest absolute Gasteiger partial charge is 0.410 e. The number of amides is 2. The minimum Gasteiger partial charge on any atom is -0.467 e. The lowest BCUT2D eigenvalue weighted by atomic mass is 10.2. The van der Waals surface area contributed by atoms with Crippen LogP contribution in [0.15, 0.2) is 0 Å². The van der Waals surface area contributed by atoms with Crippen LogP contribution in [0.4, 0.5) is 9.59 Å². The zero-order chi connectivity index (χ0) is 18.4. The number of rotatable bonds is 4. The van der Waals surface area contributed by atoms with Gasteiger partial charge in [-0.05, 0) is 41.5 Å². The van der Waals surface area contributed by atoms with Crippen molar-refractivity contribution in [3.63, 3.8) is 0 Å². The summed E-state index contributed by atoms with van der Waals surface area (Å²) in [5, 5.41) is 2.39. The van der Waals surface area contributed by atoms with Gasteiger partial charge in [-0.3, -0.25) is 0 Å². The zero-order valence-corrected chi connectivity index (χ0v) is 15.2. The summed E-state index contributed by atoms with van der Waals surface area (Å²) >= 11 is 0. The molecule has 0 fully saturated rings. The lowest BCUT2D eigenvalue weighted by molar-refractivity contribution is -0.143. The number of ether oxygens (including phenoxy) is 3. The molecule has 0 heterocycles. The van der Waals surface area contributed by atoms with Crippen LogP contribution in [-0.2, 0) is 19.0 Å². The largest absolute Gasteiger partial charge is 0.467 e. The van der Waals surface area contributed by atoms with Crippen molar-refractivity contribution in [1.29, 1.82) is 0 Å². The van der Waals surface area contributed by atoms with E-state index in [1.54, 1.807) is 41.5 Å². The number of methoxy groups -OCH3 is 1. The highest BCUT2D eigenvalue weighted by molar-refractivity contribution is 5.82.